The number of hydrogen-bond donors (Lipinski definition) is 1. The van der Waals surface area contributed by atoms with Gasteiger partial charge in [-0.3, -0.25) is 14.9 Å². The number of ether oxygens (including phenoxy) is 1. The van der Waals surface area contributed by atoms with Crippen molar-refractivity contribution in [2.75, 3.05) is 18.5 Å². The Labute approximate surface area is 127 Å². The van der Waals surface area contributed by atoms with Crippen LogP contribution in [0.2, 0.25) is 0 Å². The normalized spacial score (nSPS) is 10.0. The van der Waals surface area contributed by atoms with E-state index in [4.69, 9.17) is 4.74 Å². The molecule has 1 N–H and O–H groups in total. The van der Waals surface area contributed by atoms with E-state index in [0.29, 0.717) is 6.54 Å². The number of benzene rings is 2. The molecule has 2 aromatic rings. The monoisotopic (exact) mass is 300 g/mol. The van der Waals surface area contributed by atoms with Crippen molar-refractivity contribution in [1.82, 2.24) is 0 Å². The summed E-state index contributed by atoms with van der Waals surface area (Å²) in [6.45, 7) is 0.682. The molecule has 0 aliphatic heterocycles. The number of nitrogens with zero attached hydrogens (tertiary/aromatic N) is 1. The Morgan fingerprint density at radius 1 is 1.09 bits per heavy atom. The van der Waals surface area contributed by atoms with Gasteiger partial charge in [-0.05, 0) is 17.7 Å². The summed E-state index contributed by atoms with van der Waals surface area (Å²) >= 11 is 0. The number of rotatable bonds is 7. The number of anilines is 1. The van der Waals surface area contributed by atoms with Gasteiger partial charge in [0.1, 0.15) is 6.61 Å². The highest BCUT2D eigenvalue weighted by molar-refractivity contribution is 5.72. The molecule has 0 amide bonds. The highest BCUT2D eigenvalue weighted by atomic mass is 16.6. The fourth-order valence-electron chi connectivity index (χ4n) is 1.87. The first-order chi connectivity index (χ1) is 10.6. The minimum atomic E-state index is -0.449. The molecule has 2 aromatic carbocycles. The maximum absolute atomic E-state index is 11.6. The number of nitro benzene ring substituents is 1. The molecule has 0 aromatic heterocycles. The van der Waals surface area contributed by atoms with Crippen molar-refractivity contribution in [3.63, 3.8) is 0 Å². The van der Waals surface area contributed by atoms with E-state index in [2.05, 4.69) is 5.32 Å². The molecule has 6 heteroatoms. The quantitative estimate of drug-likeness (QED) is 0.368. The van der Waals surface area contributed by atoms with E-state index < -0.39 is 4.92 Å². The molecule has 0 spiro atoms. The van der Waals surface area contributed by atoms with Gasteiger partial charge < -0.3 is 10.1 Å². The Morgan fingerprint density at radius 3 is 2.41 bits per heavy atom. The van der Waals surface area contributed by atoms with Gasteiger partial charge in [0.15, 0.2) is 0 Å². The van der Waals surface area contributed by atoms with Crippen molar-refractivity contribution in [3.05, 3.63) is 70.3 Å². The van der Waals surface area contributed by atoms with Crippen molar-refractivity contribution in [3.8, 4) is 0 Å². The van der Waals surface area contributed by atoms with Gasteiger partial charge in [0.2, 0.25) is 0 Å². The Hall–Kier alpha value is -2.89. The molecule has 0 atom stereocenters. The number of carbonyl (C=O) groups is 1. The number of nitrogens with one attached hydrogen (secondary N) is 1. The standard InChI is InChI=1S/C16H16N2O4/c19-16(12-13-4-2-1-3-5-13)22-11-10-17-14-6-8-15(9-7-14)18(20)21/h1-9,17H,10-12H2. The fraction of sp³-hybridized carbons (Fsp3) is 0.188. The lowest BCUT2D eigenvalue weighted by molar-refractivity contribution is -0.384. The second-order valence-corrected chi connectivity index (χ2v) is 4.61. The van der Waals surface area contributed by atoms with Crippen LogP contribution in [-0.4, -0.2) is 24.0 Å². The molecule has 0 saturated carbocycles. The Balaban J connectivity index is 1.68. The molecule has 0 radical (unpaired) electrons. The number of esters is 1. The van der Waals surface area contributed by atoms with E-state index in [0.717, 1.165) is 11.3 Å². The lowest BCUT2D eigenvalue weighted by Gasteiger charge is -2.07. The van der Waals surface area contributed by atoms with Crippen molar-refractivity contribution in [1.29, 1.82) is 0 Å². The molecular weight excluding hydrogens is 284 g/mol. The maximum Gasteiger partial charge on any atom is 0.310 e. The summed E-state index contributed by atoms with van der Waals surface area (Å²) in [4.78, 5) is 21.7. The van der Waals surface area contributed by atoms with Crippen molar-refractivity contribution >= 4 is 17.3 Å². The van der Waals surface area contributed by atoms with Crippen LogP contribution in [0, 0.1) is 10.1 Å². The van der Waals surface area contributed by atoms with Crippen LogP contribution in [0.4, 0.5) is 11.4 Å². The third-order valence-corrected chi connectivity index (χ3v) is 2.96. The minimum absolute atomic E-state index is 0.0415. The Kier molecular flexibility index (Phi) is 5.48. The zero-order chi connectivity index (χ0) is 15.8. The predicted molar refractivity (Wildman–Crippen MR) is 82.7 cm³/mol. The smallest absolute Gasteiger partial charge is 0.310 e. The van der Waals surface area contributed by atoms with Crippen LogP contribution in [0.15, 0.2) is 54.6 Å². The number of non-ortho nitro benzene ring substituents is 1. The summed E-state index contributed by atoms with van der Waals surface area (Å²) in [5, 5.41) is 13.6. The second kappa shape index (κ2) is 7.78. The van der Waals surface area contributed by atoms with Crippen LogP contribution in [0.25, 0.3) is 0 Å². The molecule has 0 unspecified atom stereocenters. The summed E-state index contributed by atoms with van der Waals surface area (Å²) in [7, 11) is 0. The van der Waals surface area contributed by atoms with E-state index in [1.54, 1.807) is 12.1 Å². The van der Waals surface area contributed by atoms with Crippen LogP contribution >= 0.6 is 0 Å². The highest BCUT2D eigenvalue weighted by Crippen LogP contribution is 2.14. The third-order valence-electron chi connectivity index (χ3n) is 2.96. The largest absolute Gasteiger partial charge is 0.464 e. The van der Waals surface area contributed by atoms with Crippen molar-refractivity contribution in [2.45, 2.75) is 6.42 Å². The fourth-order valence-corrected chi connectivity index (χ4v) is 1.87. The third kappa shape index (κ3) is 4.90. The van der Waals surface area contributed by atoms with Gasteiger partial charge in [0, 0.05) is 24.4 Å². The van der Waals surface area contributed by atoms with E-state index in [-0.39, 0.29) is 24.7 Å². The van der Waals surface area contributed by atoms with Crippen LogP contribution in [0.5, 0.6) is 0 Å². The van der Waals surface area contributed by atoms with Gasteiger partial charge in [-0.2, -0.15) is 0 Å². The Bertz CT molecular complexity index is 626. The topological polar surface area (TPSA) is 81.5 Å². The highest BCUT2D eigenvalue weighted by Gasteiger charge is 2.05. The summed E-state index contributed by atoms with van der Waals surface area (Å²) in [6.07, 6.45) is 0.248. The van der Waals surface area contributed by atoms with Crippen molar-refractivity contribution < 1.29 is 14.5 Å². The molecule has 114 valence electrons. The summed E-state index contributed by atoms with van der Waals surface area (Å²) in [5.74, 6) is -0.281. The molecule has 0 bridgehead atoms. The number of carbonyl (C=O) groups excluding carboxylic acids is 1. The Morgan fingerprint density at radius 2 is 1.77 bits per heavy atom. The van der Waals surface area contributed by atoms with Gasteiger partial charge in [-0.15, -0.1) is 0 Å². The molecule has 0 fully saturated rings. The van der Waals surface area contributed by atoms with Gasteiger partial charge in [0.25, 0.3) is 5.69 Å². The van der Waals surface area contributed by atoms with E-state index in [9.17, 15) is 14.9 Å². The second-order valence-electron chi connectivity index (χ2n) is 4.61. The van der Waals surface area contributed by atoms with Gasteiger partial charge >= 0.3 is 5.97 Å². The summed E-state index contributed by atoms with van der Waals surface area (Å²) in [6, 6.07) is 15.5. The number of nitro groups is 1. The minimum Gasteiger partial charge on any atom is -0.464 e. The maximum atomic E-state index is 11.6. The van der Waals surface area contributed by atoms with Crippen LogP contribution in [-0.2, 0) is 16.0 Å². The van der Waals surface area contributed by atoms with Gasteiger partial charge in [0.05, 0.1) is 11.3 Å². The SMILES string of the molecule is O=C(Cc1ccccc1)OCCNc1ccc([N+](=O)[O-])cc1. The van der Waals surface area contributed by atoms with Crippen LogP contribution in [0.3, 0.4) is 0 Å². The molecule has 6 nitrogen and oxygen atoms in total. The molecule has 0 saturated heterocycles. The van der Waals surface area contributed by atoms with Gasteiger partial charge in [-0.25, -0.2) is 0 Å². The molecule has 0 heterocycles. The molecule has 22 heavy (non-hydrogen) atoms. The molecule has 0 aliphatic carbocycles. The lowest BCUT2D eigenvalue weighted by atomic mass is 10.2. The van der Waals surface area contributed by atoms with Crippen LogP contribution < -0.4 is 5.32 Å². The molecule has 0 aliphatic rings. The first-order valence-corrected chi connectivity index (χ1v) is 6.83. The molecule has 2 rings (SSSR count). The lowest BCUT2D eigenvalue weighted by Crippen LogP contribution is -2.15. The summed E-state index contributed by atoms with van der Waals surface area (Å²) < 4.78 is 5.12. The first kappa shape index (κ1) is 15.5. The average molecular weight is 300 g/mol. The number of hydrogen-bond acceptors (Lipinski definition) is 5. The van der Waals surface area contributed by atoms with E-state index in [1.807, 2.05) is 30.3 Å². The first-order valence-electron chi connectivity index (χ1n) is 6.83. The zero-order valence-corrected chi connectivity index (χ0v) is 11.9. The van der Waals surface area contributed by atoms with Crippen molar-refractivity contribution in [2.24, 2.45) is 0 Å². The summed E-state index contributed by atoms with van der Waals surface area (Å²) in [5.41, 5.74) is 1.69. The van der Waals surface area contributed by atoms with E-state index in [1.165, 1.54) is 12.1 Å². The van der Waals surface area contributed by atoms with E-state index >= 15 is 0 Å². The van der Waals surface area contributed by atoms with Crippen LogP contribution in [0.1, 0.15) is 5.56 Å². The average Bonchev–Trinajstić information content (AvgIpc) is 2.53. The zero-order valence-electron chi connectivity index (χ0n) is 11.9. The predicted octanol–water partition coefficient (Wildman–Crippen LogP) is 2.79. The molecular formula is C16H16N2O4. The van der Waals surface area contributed by atoms with Gasteiger partial charge in [-0.1, -0.05) is 30.3 Å².